The molecule has 0 atom stereocenters. The Morgan fingerprint density at radius 3 is 2.60 bits per heavy atom. The van der Waals surface area contributed by atoms with Gasteiger partial charge in [0.25, 0.3) is 0 Å². The molecule has 5 nitrogen and oxygen atoms in total. The van der Waals surface area contributed by atoms with Gasteiger partial charge in [-0.1, -0.05) is 0 Å². The van der Waals surface area contributed by atoms with E-state index in [0.717, 1.165) is 0 Å². The average molecular weight is 281 g/mol. The molecule has 3 rings (SSSR count). The smallest absolute Gasteiger partial charge is 0.315 e. The van der Waals surface area contributed by atoms with Crippen LogP contribution in [0.25, 0.3) is 5.65 Å². The first-order chi connectivity index (χ1) is 9.43. The van der Waals surface area contributed by atoms with Crippen molar-refractivity contribution in [3.8, 4) is 0 Å². The van der Waals surface area contributed by atoms with Crippen LogP contribution < -0.4 is 0 Å². The molecule has 2 aromatic rings. The predicted molar refractivity (Wildman–Crippen MR) is 65.7 cm³/mol. The first kappa shape index (κ1) is 13.0. The van der Waals surface area contributed by atoms with Crippen LogP contribution in [0, 0.1) is 0 Å². The minimum Gasteiger partial charge on any atom is -0.481 e. The highest BCUT2D eigenvalue weighted by Gasteiger charge is 2.50. The maximum atomic E-state index is 13.3. The number of halogens is 2. The monoisotopic (exact) mass is 281 g/mol. The number of alkyl halides is 2. The highest BCUT2D eigenvalue weighted by atomic mass is 19.3. The standard InChI is InChI=1S/C13H13F2N3O2/c14-13(15)4-2-12(3-5-13,11(19)20)9-8-10-16-6-1-7-18(10)17-9/h1,6-8H,2-5H2,(H,19,20). The van der Waals surface area contributed by atoms with E-state index >= 15 is 0 Å². The van der Waals surface area contributed by atoms with E-state index in [9.17, 15) is 18.7 Å². The van der Waals surface area contributed by atoms with Crippen LogP contribution in [0.1, 0.15) is 31.4 Å². The zero-order valence-corrected chi connectivity index (χ0v) is 10.6. The van der Waals surface area contributed by atoms with Crippen LogP contribution in [0.2, 0.25) is 0 Å². The van der Waals surface area contributed by atoms with E-state index in [1.807, 2.05) is 0 Å². The van der Waals surface area contributed by atoms with E-state index in [1.165, 1.54) is 4.52 Å². The van der Waals surface area contributed by atoms with Crippen LogP contribution in [-0.4, -0.2) is 31.6 Å². The number of aliphatic carboxylic acids is 1. The van der Waals surface area contributed by atoms with Crippen LogP contribution in [0.4, 0.5) is 8.78 Å². The maximum absolute atomic E-state index is 13.3. The van der Waals surface area contributed by atoms with E-state index < -0.39 is 30.1 Å². The number of fused-ring (bicyclic) bond motifs is 1. The minimum absolute atomic E-state index is 0.112. The summed E-state index contributed by atoms with van der Waals surface area (Å²) in [6.45, 7) is 0. The zero-order valence-electron chi connectivity index (χ0n) is 10.6. The summed E-state index contributed by atoms with van der Waals surface area (Å²) < 4.78 is 28.1. The van der Waals surface area contributed by atoms with Gasteiger partial charge in [-0.3, -0.25) is 4.79 Å². The Bertz CT molecular complexity index is 625. The van der Waals surface area contributed by atoms with Gasteiger partial charge in [-0.15, -0.1) is 0 Å². The summed E-state index contributed by atoms with van der Waals surface area (Å²) in [7, 11) is 0. The van der Waals surface area contributed by atoms with Crippen molar-refractivity contribution in [3.63, 3.8) is 0 Å². The molecule has 0 amide bonds. The minimum atomic E-state index is -2.78. The number of nitrogens with zero attached hydrogens (tertiary/aromatic N) is 3. The van der Waals surface area contributed by atoms with Gasteiger partial charge in [0, 0.05) is 31.3 Å². The molecule has 106 valence electrons. The SMILES string of the molecule is O=C(O)C1(c2cc3ncccn3n2)CCC(F)(F)CC1. The lowest BCUT2D eigenvalue weighted by Gasteiger charge is -2.35. The topological polar surface area (TPSA) is 67.5 Å². The molecule has 1 aliphatic carbocycles. The third-order valence-corrected chi connectivity index (χ3v) is 3.97. The Morgan fingerprint density at radius 1 is 1.30 bits per heavy atom. The molecule has 0 spiro atoms. The second kappa shape index (κ2) is 4.22. The third-order valence-electron chi connectivity index (χ3n) is 3.97. The molecule has 0 saturated heterocycles. The first-order valence-corrected chi connectivity index (χ1v) is 6.35. The number of rotatable bonds is 2. The van der Waals surface area contributed by atoms with Crippen molar-refractivity contribution >= 4 is 11.6 Å². The highest BCUT2D eigenvalue weighted by Crippen LogP contribution is 2.45. The van der Waals surface area contributed by atoms with Crippen molar-refractivity contribution in [1.29, 1.82) is 0 Å². The van der Waals surface area contributed by atoms with Crippen molar-refractivity contribution < 1.29 is 18.7 Å². The van der Waals surface area contributed by atoms with Gasteiger partial charge in [0.05, 0.1) is 5.69 Å². The Labute approximate surface area is 113 Å². The molecule has 20 heavy (non-hydrogen) atoms. The lowest BCUT2D eigenvalue weighted by Crippen LogP contribution is -2.43. The number of carboxylic acids is 1. The van der Waals surface area contributed by atoms with Crippen molar-refractivity contribution in [2.75, 3.05) is 0 Å². The third kappa shape index (κ3) is 1.93. The summed E-state index contributed by atoms with van der Waals surface area (Å²) >= 11 is 0. The molecule has 1 aliphatic rings. The Hall–Kier alpha value is -2.05. The second-order valence-electron chi connectivity index (χ2n) is 5.20. The fourth-order valence-electron chi connectivity index (χ4n) is 2.69. The van der Waals surface area contributed by atoms with Crippen LogP contribution in [0.3, 0.4) is 0 Å². The molecule has 1 N–H and O–H groups in total. The van der Waals surface area contributed by atoms with Gasteiger partial charge in [0.2, 0.25) is 5.92 Å². The van der Waals surface area contributed by atoms with Crippen molar-refractivity contribution in [2.45, 2.75) is 37.0 Å². The molecule has 1 fully saturated rings. The fourth-order valence-corrected chi connectivity index (χ4v) is 2.69. The van der Waals surface area contributed by atoms with Crippen LogP contribution in [-0.2, 0) is 10.2 Å². The lowest BCUT2D eigenvalue weighted by atomic mass is 9.70. The Morgan fingerprint density at radius 2 is 2.00 bits per heavy atom. The molecule has 2 aromatic heterocycles. The van der Waals surface area contributed by atoms with Crippen molar-refractivity contribution in [3.05, 3.63) is 30.2 Å². The fraction of sp³-hybridized carbons (Fsp3) is 0.462. The van der Waals surface area contributed by atoms with E-state index in [0.29, 0.717) is 11.3 Å². The van der Waals surface area contributed by atoms with Crippen LogP contribution in [0.5, 0.6) is 0 Å². The summed E-state index contributed by atoms with van der Waals surface area (Å²) in [6.07, 6.45) is 2.14. The number of carbonyl (C=O) groups is 1. The molecule has 0 aliphatic heterocycles. The average Bonchev–Trinajstić information content (AvgIpc) is 2.82. The molecule has 0 bridgehead atoms. The maximum Gasteiger partial charge on any atom is 0.315 e. The number of hydrogen-bond donors (Lipinski definition) is 1. The Kier molecular flexibility index (Phi) is 2.74. The quantitative estimate of drug-likeness (QED) is 0.916. The normalized spacial score (nSPS) is 20.9. The molecular formula is C13H13F2N3O2. The zero-order chi connectivity index (χ0) is 14.4. The summed E-state index contributed by atoms with van der Waals surface area (Å²) in [6, 6.07) is 3.24. The number of carboxylic acid groups (broad SMARTS) is 1. The molecule has 0 unspecified atom stereocenters. The summed E-state index contributed by atoms with van der Waals surface area (Å²) in [5, 5.41) is 13.7. The van der Waals surface area contributed by atoms with Gasteiger partial charge in [-0.25, -0.2) is 18.3 Å². The predicted octanol–water partition coefficient (Wildman–Crippen LogP) is 2.26. The molecular weight excluding hydrogens is 268 g/mol. The summed E-state index contributed by atoms with van der Waals surface area (Å²) in [5.41, 5.74) is -0.519. The van der Waals surface area contributed by atoms with Gasteiger partial charge in [-0.05, 0) is 18.9 Å². The van der Waals surface area contributed by atoms with Gasteiger partial charge in [0.15, 0.2) is 5.65 Å². The first-order valence-electron chi connectivity index (χ1n) is 6.35. The molecule has 0 radical (unpaired) electrons. The Balaban J connectivity index is 2.05. The van der Waals surface area contributed by atoms with Gasteiger partial charge in [0.1, 0.15) is 5.41 Å². The molecule has 2 heterocycles. The van der Waals surface area contributed by atoms with Crippen LogP contribution >= 0.6 is 0 Å². The van der Waals surface area contributed by atoms with Crippen LogP contribution in [0.15, 0.2) is 24.5 Å². The molecule has 0 aromatic carbocycles. The number of aromatic nitrogens is 3. The van der Waals surface area contributed by atoms with Gasteiger partial charge >= 0.3 is 5.97 Å². The van der Waals surface area contributed by atoms with Gasteiger partial charge < -0.3 is 5.11 Å². The number of hydrogen-bond acceptors (Lipinski definition) is 3. The van der Waals surface area contributed by atoms with E-state index in [4.69, 9.17) is 0 Å². The van der Waals surface area contributed by atoms with Gasteiger partial charge in [-0.2, -0.15) is 5.10 Å². The largest absolute Gasteiger partial charge is 0.481 e. The summed E-state index contributed by atoms with van der Waals surface area (Å²) in [4.78, 5) is 15.7. The lowest BCUT2D eigenvalue weighted by molar-refractivity contribution is -0.149. The van der Waals surface area contributed by atoms with E-state index in [2.05, 4.69) is 10.1 Å². The van der Waals surface area contributed by atoms with Crippen molar-refractivity contribution in [1.82, 2.24) is 14.6 Å². The summed E-state index contributed by atoms with van der Waals surface area (Å²) in [5.74, 6) is -3.88. The highest BCUT2D eigenvalue weighted by molar-refractivity contribution is 5.81. The molecule has 1 saturated carbocycles. The van der Waals surface area contributed by atoms with E-state index in [-0.39, 0.29) is 12.8 Å². The van der Waals surface area contributed by atoms with E-state index in [1.54, 1.807) is 24.5 Å². The molecule has 7 heteroatoms. The second-order valence-corrected chi connectivity index (χ2v) is 5.20. The van der Waals surface area contributed by atoms with Crippen molar-refractivity contribution in [2.24, 2.45) is 0 Å².